The maximum atomic E-state index is 11.3. The summed E-state index contributed by atoms with van der Waals surface area (Å²) in [5.74, 6) is -0.0302. The van der Waals surface area contributed by atoms with Gasteiger partial charge in [-0.1, -0.05) is 30.8 Å². The van der Waals surface area contributed by atoms with E-state index < -0.39 is 11.5 Å². The fraction of sp³-hybridized carbons (Fsp3) is 0.467. The molecule has 0 saturated carbocycles. The lowest BCUT2D eigenvalue weighted by molar-refractivity contribution is -0.144. The fourth-order valence-electron chi connectivity index (χ4n) is 2.16. The molecule has 2 aromatic rings. The van der Waals surface area contributed by atoms with Crippen molar-refractivity contribution in [1.29, 1.82) is 0 Å². The predicted octanol–water partition coefficient (Wildman–Crippen LogP) is 3.15. The number of aliphatic carboxylic acids is 1. The molecule has 1 unspecified atom stereocenters. The summed E-state index contributed by atoms with van der Waals surface area (Å²) in [4.78, 5) is 15.7. The number of aromatic nitrogens is 1. The number of nitrogens with one attached hydrogen (secondary N) is 1. The zero-order chi connectivity index (χ0) is 15.3. The number of rotatable bonds is 8. The first-order valence-corrected chi connectivity index (χ1v) is 8.00. The van der Waals surface area contributed by atoms with Crippen molar-refractivity contribution in [3.05, 3.63) is 24.3 Å². The van der Waals surface area contributed by atoms with Crippen molar-refractivity contribution < 1.29 is 14.3 Å². The molecule has 1 aromatic heterocycles. The zero-order valence-corrected chi connectivity index (χ0v) is 13.1. The van der Waals surface area contributed by atoms with Crippen molar-refractivity contribution >= 4 is 28.8 Å². The van der Waals surface area contributed by atoms with Crippen LogP contribution >= 0.6 is 11.8 Å². The smallest absolute Gasteiger partial charge is 0.323 e. The number of thioether (sulfide) groups is 1. The minimum atomic E-state index is -0.864. The summed E-state index contributed by atoms with van der Waals surface area (Å²) in [6.07, 6.45) is 1.35. The summed E-state index contributed by atoms with van der Waals surface area (Å²) >= 11 is 1.52. The Morgan fingerprint density at radius 3 is 2.90 bits per heavy atom. The first-order chi connectivity index (χ1) is 10.0. The second kappa shape index (κ2) is 6.95. The fourth-order valence-corrected chi connectivity index (χ4v) is 2.93. The topological polar surface area (TPSA) is 75.4 Å². The van der Waals surface area contributed by atoms with Gasteiger partial charge in [0.25, 0.3) is 5.22 Å². The van der Waals surface area contributed by atoms with Gasteiger partial charge < -0.3 is 14.8 Å². The van der Waals surface area contributed by atoms with Crippen molar-refractivity contribution in [2.75, 3.05) is 12.3 Å². The quantitative estimate of drug-likeness (QED) is 0.576. The van der Waals surface area contributed by atoms with Crippen molar-refractivity contribution in [2.45, 2.75) is 37.5 Å². The van der Waals surface area contributed by atoms with Gasteiger partial charge in [0.15, 0.2) is 5.58 Å². The van der Waals surface area contributed by atoms with Crippen LogP contribution in [0.5, 0.6) is 0 Å². The molecule has 114 valence electrons. The number of carbonyl (C=O) groups is 1. The van der Waals surface area contributed by atoms with Gasteiger partial charge in [-0.05, 0) is 38.4 Å². The minimum absolute atomic E-state index is 0.573. The molecule has 21 heavy (non-hydrogen) atoms. The summed E-state index contributed by atoms with van der Waals surface area (Å²) in [6.45, 7) is 4.28. The van der Waals surface area contributed by atoms with E-state index in [1.807, 2.05) is 31.2 Å². The van der Waals surface area contributed by atoms with E-state index in [4.69, 9.17) is 4.42 Å². The van der Waals surface area contributed by atoms with Crippen molar-refractivity contribution in [1.82, 2.24) is 10.3 Å². The summed E-state index contributed by atoms with van der Waals surface area (Å²) < 4.78 is 5.62. The maximum Gasteiger partial charge on any atom is 0.323 e. The number of likely N-dealkylation sites (N-methyl/N-ethyl adjacent to an activating group) is 1. The molecule has 0 radical (unpaired) electrons. The van der Waals surface area contributed by atoms with Crippen LogP contribution in [0.3, 0.4) is 0 Å². The summed E-state index contributed by atoms with van der Waals surface area (Å²) in [7, 11) is 0. The van der Waals surface area contributed by atoms with E-state index in [1.54, 1.807) is 6.92 Å². The number of carboxylic acids is 1. The average molecular weight is 308 g/mol. The Hall–Kier alpha value is -1.53. The van der Waals surface area contributed by atoms with Crippen LogP contribution in [0.15, 0.2) is 33.9 Å². The molecule has 1 heterocycles. The number of hydrogen-bond acceptors (Lipinski definition) is 5. The molecule has 6 heteroatoms. The van der Waals surface area contributed by atoms with E-state index in [9.17, 15) is 9.90 Å². The van der Waals surface area contributed by atoms with Gasteiger partial charge in [-0.15, -0.1) is 0 Å². The molecule has 0 bridgehead atoms. The van der Waals surface area contributed by atoms with E-state index in [1.165, 1.54) is 11.8 Å². The van der Waals surface area contributed by atoms with E-state index in [-0.39, 0.29) is 0 Å². The number of para-hydroxylation sites is 2. The molecule has 1 aromatic carbocycles. The molecule has 2 N–H and O–H groups in total. The molecule has 0 spiro atoms. The van der Waals surface area contributed by atoms with Gasteiger partial charge in [0, 0.05) is 5.75 Å². The van der Waals surface area contributed by atoms with E-state index in [2.05, 4.69) is 10.3 Å². The Morgan fingerprint density at radius 2 is 2.24 bits per heavy atom. The molecule has 5 nitrogen and oxygen atoms in total. The molecular weight excluding hydrogens is 288 g/mol. The van der Waals surface area contributed by atoms with Crippen molar-refractivity contribution in [3.63, 3.8) is 0 Å². The standard InChI is InChI=1S/C15H20N2O3S/c1-3-16-15(2,13(18)19)9-6-10-21-14-17-11-7-4-5-8-12(11)20-14/h4-5,7-8,16H,3,6,9-10H2,1-2H3,(H,18,19). The minimum Gasteiger partial charge on any atom is -0.480 e. The lowest BCUT2D eigenvalue weighted by Crippen LogP contribution is -2.49. The highest BCUT2D eigenvalue weighted by Gasteiger charge is 2.31. The second-order valence-electron chi connectivity index (χ2n) is 5.07. The zero-order valence-electron chi connectivity index (χ0n) is 12.3. The van der Waals surface area contributed by atoms with Crippen LogP contribution in [0.2, 0.25) is 0 Å². The van der Waals surface area contributed by atoms with Crippen molar-refractivity contribution in [2.24, 2.45) is 0 Å². The number of oxazole rings is 1. The Morgan fingerprint density at radius 1 is 1.48 bits per heavy atom. The number of carboxylic acid groups (broad SMARTS) is 1. The van der Waals surface area contributed by atoms with Crippen LogP contribution in [0.1, 0.15) is 26.7 Å². The van der Waals surface area contributed by atoms with Gasteiger partial charge in [-0.2, -0.15) is 0 Å². The van der Waals surface area contributed by atoms with Crippen molar-refractivity contribution in [3.8, 4) is 0 Å². The maximum absolute atomic E-state index is 11.3. The molecule has 0 aliphatic rings. The lowest BCUT2D eigenvalue weighted by atomic mass is 9.96. The number of hydrogen-bond donors (Lipinski definition) is 2. The molecule has 0 fully saturated rings. The first-order valence-electron chi connectivity index (χ1n) is 7.02. The number of benzene rings is 1. The highest BCUT2D eigenvalue weighted by atomic mass is 32.2. The SMILES string of the molecule is CCNC(C)(CCCSc1nc2ccccc2o1)C(=O)O. The monoisotopic (exact) mass is 308 g/mol. The van der Waals surface area contributed by atoms with Gasteiger partial charge >= 0.3 is 5.97 Å². The Labute approximate surface area is 128 Å². The largest absolute Gasteiger partial charge is 0.480 e. The van der Waals surface area contributed by atoms with Gasteiger partial charge in [0.05, 0.1) is 0 Å². The third-order valence-corrected chi connectivity index (χ3v) is 4.27. The summed E-state index contributed by atoms with van der Waals surface area (Å²) in [6, 6.07) is 7.64. The van der Waals surface area contributed by atoms with Gasteiger partial charge in [-0.25, -0.2) is 4.98 Å². The highest BCUT2D eigenvalue weighted by Crippen LogP contribution is 2.25. The number of fused-ring (bicyclic) bond motifs is 1. The predicted molar refractivity (Wildman–Crippen MR) is 83.7 cm³/mol. The molecular formula is C15H20N2O3S. The van der Waals surface area contributed by atoms with Gasteiger partial charge in [0.2, 0.25) is 0 Å². The Balaban J connectivity index is 1.85. The average Bonchev–Trinajstić information content (AvgIpc) is 2.86. The van der Waals surface area contributed by atoms with Crippen LogP contribution in [-0.2, 0) is 4.79 Å². The van der Waals surface area contributed by atoms with Gasteiger partial charge in [0.1, 0.15) is 11.1 Å². The second-order valence-corrected chi connectivity index (χ2v) is 6.11. The highest BCUT2D eigenvalue weighted by molar-refractivity contribution is 7.99. The van der Waals surface area contributed by atoms with E-state index >= 15 is 0 Å². The third-order valence-electron chi connectivity index (χ3n) is 3.36. The normalized spacial score (nSPS) is 14.2. The Bertz CT molecular complexity index is 581. The van der Waals surface area contributed by atoms with Crippen LogP contribution in [0, 0.1) is 0 Å². The Kier molecular flexibility index (Phi) is 5.25. The molecule has 0 amide bonds. The molecule has 0 aliphatic heterocycles. The third kappa shape index (κ3) is 3.98. The molecule has 0 saturated heterocycles. The first kappa shape index (κ1) is 15.9. The van der Waals surface area contributed by atoms with E-state index in [0.717, 1.165) is 23.3 Å². The van der Waals surface area contributed by atoms with Crippen LogP contribution in [0.25, 0.3) is 11.1 Å². The summed E-state index contributed by atoms with van der Waals surface area (Å²) in [5.41, 5.74) is 0.766. The van der Waals surface area contributed by atoms with Crippen LogP contribution < -0.4 is 5.32 Å². The van der Waals surface area contributed by atoms with E-state index in [0.29, 0.717) is 18.2 Å². The molecule has 1 atom stereocenters. The molecule has 2 rings (SSSR count). The lowest BCUT2D eigenvalue weighted by Gasteiger charge is -2.25. The summed E-state index contributed by atoms with van der Waals surface area (Å²) in [5, 5.41) is 12.9. The number of nitrogens with zero attached hydrogens (tertiary/aromatic N) is 1. The van der Waals surface area contributed by atoms with Crippen LogP contribution in [-0.4, -0.2) is 33.9 Å². The van der Waals surface area contributed by atoms with Crippen LogP contribution in [0.4, 0.5) is 0 Å². The van der Waals surface area contributed by atoms with Gasteiger partial charge in [-0.3, -0.25) is 4.79 Å². The molecule has 0 aliphatic carbocycles.